The number of rotatable bonds is 9. The average Bonchev–Trinajstić information content (AvgIpc) is 2.88. The summed E-state index contributed by atoms with van der Waals surface area (Å²) in [6, 6.07) is 10.7. The molecule has 2 aromatic rings. The number of hydrogen-bond donors (Lipinski definition) is 2. The Bertz CT molecular complexity index is 1330. The number of morpholine rings is 1. The SMILES string of the molecule is CCOC(=O)CS(=O)(=O)Nc1ccc(C(=O)Nc2ncccc2C2CN(C)CCO2)c(N2CC[Si](C)(C)CC2)c1. The molecule has 0 bridgehead atoms. The number of nitrogens with one attached hydrogen (secondary N) is 2. The lowest BCUT2D eigenvalue weighted by atomic mass is 10.1. The second kappa shape index (κ2) is 12.7. The van der Waals surface area contributed by atoms with Crippen LogP contribution in [-0.4, -0.2) is 90.4 Å². The molecule has 218 valence electrons. The van der Waals surface area contributed by atoms with Crippen molar-refractivity contribution in [2.24, 2.45) is 0 Å². The first-order valence-corrected chi connectivity index (χ1v) is 18.6. The number of aromatic nitrogens is 1. The molecule has 1 aromatic heterocycles. The third kappa shape index (κ3) is 7.80. The number of hydrogen-bond acceptors (Lipinski definition) is 9. The first kappa shape index (κ1) is 30.0. The van der Waals surface area contributed by atoms with Crippen LogP contribution >= 0.6 is 0 Å². The zero-order chi connectivity index (χ0) is 28.9. The van der Waals surface area contributed by atoms with Gasteiger partial charge >= 0.3 is 5.97 Å². The number of esters is 1. The van der Waals surface area contributed by atoms with E-state index in [4.69, 9.17) is 9.47 Å². The maximum Gasteiger partial charge on any atom is 0.323 e. The van der Waals surface area contributed by atoms with Crippen LogP contribution in [0.15, 0.2) is 36.5 Å². The zero-order valence-electron chi connectivity index (χ0n) is 23.6. The van der Waals surface area contributed by atoms with Gasteiger partial charge in [0.2, 0.25) is 10.0 Å². The molecule has 13 heteroatoms. The molecule has 1 amide bonds. The minimum Gasteiger partial charge on any atom is -0.465 e. The maximum atomic E-state index is 13.7. The van der Waals surface area contributed by atoms with Crippen LogP contribution in [0.5, 0.6) is 0 Å². The smallest absolute Gasteiger partial charge is 0.323 e. The van der Waals surface area contributed by atoms with Crippen LogP contribution in [0.4, 0.5) is 17.2 Å². The van der Waals surface area contributed by atoms with Gasteiger partial charge in [-0.25, -0.2) is 13.4 Å². The van der Waals surface area contributed by atoms with Crippen molar-refractivity contribution >= 4 is 47.2 Å². The van der Waals surface area contributed by atoms with Gasteiger partial charge in [0.15, 0.2) is 5.75 Å². The standard InChI is InChI=1S/C27H39N5O6SSi/c1-5-37-25(33)19-39(35,36)30-20-8-9-21(23(17-20)32-12-15-40(3,4)16-13-32)27(34)29-26-22(7-6-10-28-26)24-18-31(2)11-14-38-24/h6-10,17,24,30H,5,11-16,18-19H2,1-4H3,(H,28,29,34). The number of pyridine rings is 1. The number of amides is 1. The number of anilines is 3. The van der Waals surface area contributed by atoms with E-state index in [1.807, 2.05) is 19.2 Å². The predicted molar refractivity (Wildman–Crippen MR) is 158 cm³/mol. The molecule has 4 rings (SSSR count). The Hall–Kier alpha value is -3.00. The van der Waals surface area contributed by atoms with Gasteiger partial charge in [-0.1, -0.05) is 19.2 Å². The monoisotopic (exact) mass is 589 g/mol. The van der Waals surface area contributed by atoms with Crippen molar-refractivity contribution in [2.75, 3.05) is 67.1 Å². The molecule has 1 atom stereocenters. The average molecular weight is 590 g/mol. The Kier molecular flexibility index (Phi) is 9.49. The van der Waals surface area contributed by atoms with Gasteiger partial charge in [0.1, 0.15) is 5.82 Å². The Morgan fingerprint density at radius 2 is 1.93 bits per heavy atom. The highest BCUT2D eigenvalue weighted by atomic mass is 32.2. The van der Waals surface area contributed by atoms with Crippen molar-refractivity contribution in [3.63, 3.8) is 0 Å². The van der Waals surface area contributed by atoms with Crippen LogP contribution in [-0.2, 0) is 24.3 Å². The molecule has 40 heavy (non-hydrogen) atoms. The van der Waals surface area contributed by atoms with E-state index < -0.39 is 29.8 Å². The summed E-state index contributed by atoms with van der Waals surface area (Å²) in [6.45, 7) is 10.1. The number of nitrogens with zero attached hydrogens (tertiary/aromatic N) is 3. The van der Waals surface area contributed by atoms with Crippen molar-refractivity contribution in [1.29, 1.82) is 0 Å². The van der Waals surface area contributed by atoms with E-state index in [0.717, 1.165) is 37.3 Å². The van der Waals surface area contributed by atoms with E-state index in [0.29, 0.717) is 30.2 Å². The molecular formula is C27H39N5O6SSi. The van der Waals surface area contributed by atoms with Crippen molar-refractivity contribution < 1.29 is 27.5 Å². The summed E-state index contributed by atoms with van der Waals surface area (Å²) in [7, 11) is -3.28. The lowest BCUT2D eigenvalue weighted by Gasteiger charge is -2.38. The van der Waals surface area contributed by atoms with Gasteiger partial charge in [0.25, 0.3) is 5.91 Å². The van der Waals surface area contributed by atoms with Crippen molar-refractivity contribution in [1.82, 2.24) is 9.88 Å². The topological polar surface area (TPSA) is 130 Å². The Labute approximate surface area is 237 Å². The fourth-order valence-corrected chi connectivity index (χ4v) is 7.85. The van der Waals surface area contributed by atoms with Gasteiger partial charge in [0, 0.05) is 37.9 Å². The van der Waals surface area contributed by atoms with Gasteiger partial charge in [-0.3, -0.25) is 14.3 Å². The van der Waals surface area contributed by atoms with Crippen LogP contribution in [0, 0.1) is 0 Å². The first-order valence-electron chi connectivity index (χ1n) is 13.6. The van der Waals surface area contributed by atoms with Gasteiger partial charge in [-0.05, 0) is 50.3 Å². The number of ether oxygens (including phenoxy) is 2. The van der Waals surface area contributed by atoms with Gasteiger partial charge < -0.3 is 24.6 Å². The van der Waals surface area contributed by atoms with Crippen LogP contribution in [0.2, 0.25) is 25.2 Å². The van der Waals surface area contributed by atoms with Crippen LogP contribution in [0.3, 0.4) is 0 Å². The van der Waals surface area contributed by atoms with E-state index in [2.05, 4.69) is 37.9 Å². The number of benzene rings is 1. The van der Waals surface area contributed by atoms with Crippen LogP contribution in [0.25, 0.3) is 0 Å². The molecule has 0 spiro atoms. The minimum atomic E-state index is -3.99. The Morgan fingerprint density at radius 1 is 1.18 bits per heavy atom. The summed E-state index contributed by atoms with van der Waals surface area (Å²) in [5, 5.41) is 2.98. The molecule has 11 nitrogen and oxygen atoms in total. The second-order valence-electron chi connectivity index (χ2n) is 11.1. The molecule has 0 saturated carbocycles. The molecule has 2 aliphatic rings. The molecule has 0 radical (unpaired) electrons. The van der Waals surface area contributed by atoms with Gasteiger partial charge in [-0.15, -0.1) is 0 Å². The van der Waals surface area contributed by atoms with Crippen molar-refractivity contribution in [3.05, 3.63) is 47.7 Å². The van der Waals surface area contributed by atoms with Crippen LogP contribution in [0.1, 0.15) is 28.9 Å². The van der Waals surface area contributed by atoms with Crippen LogP contribution < -0.4 is 14.9 Å². The summed E-state index contributed by atoms with van der Waals surface area (Å²) in [4.78, 5) is 34.2. The molecule has 2 N–H and O–H groups in total. The predicted octanol–water partition coefficient (Wildman–Crippen LogP) is 3.17. The molecule has 0 aliphatic carbocycles. The van der Waals surface area contributed by atoms with Gasteiger partial charge in [-0.2, -0.15) is 0 Å². The normalized spacial score (nSPS) is 19.6. The largest absolute Gasteiger partial charge is 0.465 e. The summed E-state index contributed by atoms with van der Waals surface area (Å²) < 4.78 is 38.4. The van der Waals surface area contributed by atoms with E-state index >= 15 is 0 Å². The summed E-state index contributed by atoms with van der Waals surface area (Å²) >= 11 is 0. The fourth-order valence-electron chi connectivity index (χ4n) is 4.90. The highest BCUT2D eigenvalue weighted by molar-refractivity contribution is 7.93. The number of carbonyl (C=O) groups is 2. The summed E-state index contributed by atoms with van der Waals surface area (Å²) in [6.07, 6.45) is 1.42. The molecule has 3 heterocycles. The summed E-state index contributed by atoms with van der Waals surface area (Å²) in [5.74, 6) is -1.52. The molecular weight excluding hydrogens is 550 g/mol. The molecule has 1 unspecified atom stereocenters. The van der Waals surface area contributed by atoms with E-state index in [9.17, 15) is 18.0 Å². The van der Waals surface area contributed by atoms with Gasteiger partial charge in [0.05, 0.1) is 44.3 Å². The first-order chi connectivity index (χ1) is 19.0. The highest BCUT2D eigenvalue weighted by Gasteiger charge is 2.30. The highest BCUT2D eigenvalue weighted by Crippen LogP contribution is 2.33. The number of sulfonamides is 1. The molecule has 1 aromatic carbocycles. The number of likely N-dealkylation sites (N-methyl/N-ethyl adjacent to an activating group) is 1. The summed E-state index contributed by atoms with van der Waals surface area (Å²) in [5.41, 5.74) is 2.12. The van der Waals surface area contributed by atoms with E-state index in [-0.39, 0.29) is 24.3 Å². The molecule has 2 aliphatic heterocycles. The van der Waals surface area contributed by atoms with E-state index in [1.54, 1.807) is 25.3 Å². The number of carbonyl (C=O) groups excluding carboxylic acids is 2. The Morgan fingerprint density at radius 3 is 2.62 bits per heavy atom. The quantitative estimate of drug-likeness (QED) is 0.335. The maximum absolute atomic E-state index is 13.7. The second-order valence-corrected chi connectivity index (χ2v) is 18.1. The van der Waals surface area contributed by atoms with E-state index in [1.165, 1.54) is 6.07 Å². The third-order valence-corrected chi connectivity index (χ3v) is 11.6. The lowest BCUT2D eigenvalue weighted by Crippen LogP contribution is -2.43. The third-order valence-electron chi connectivity index (χ3n) is 7.27. The zero-order valence-corrected chi connectivity index (χ0v) is 25.4. The Balaban J connectivity index is 1.61. The lowest BCUT2D eigenvalue weighted by molar-refractivity contribution is -0.139. The molecule has 2 fully saturated rings. The minimum absolute atomic E-state index is 0.0957. The van der Waals surface area contributed by atoms with Crippen molar-refractivity contribution in [2.45, 2.75) is 38.2 Å². The fraction of sp³-hybridized carbons (Fsp3) is 0.519. The molecule has 2 saturated heterocycles. The van der Waals surface area contributed by atoms with Crippen molar-refractivity contribution in [3.8, 4) is 0 Å².